The summed E-state index contributed by atoms with van der Waals surface area (Å²) < 4.78 is 4.10. The van der Waals surface area contributed by atoms with Gasteiger partial charge < -0.3 is 9.47 Å². The largest absolute Gasteiger partial charge is 0.338 e. The van der Waals surface area contributed by atoms with Gasteiger partial charge in [0, 0.05) is 44.1 Å². The van der Waals surface area contributed by atoms with E-state index in [9.17, 15) is 4.79 Å². The van der Waals surface area contributed by atoms with Crippen LogP contribution >= 0.6 is 0 Å². The Balaban J connectivity index is 1.35. The summed E-state index contributed by atoms with van der Waals surface area (Å²) in [6.45, 7) is 2.63. The van der Waals surface area contributed by atoms with Crippen molar-refractivity contribution in [2.45, 2.75) is 44.6 Å². The summed E-state index contributed by atoms with van der Waals surface area (Å²) in [5.74, 6) is 2.36. The lowest BCUT2D eigenvalue weighted by molar-refractivity contribution is 0.0704. The smallest absolute Gasteiger partial charge is 0.257 e. The third-order valence-electron chi connectivity index (χ3n) is 6.16. The summed E-state index contributed by atoms with van der Waals surface area (Å²) in [4.78, 5) is 19.8. The fraction of sp³-hybridized carbons (Fsp3) is 0.476. The number of piperidine rings is 1. The lowest BCUT2D eigenvalue weighted by Gasteiger charge is -2.33. The van der Waals surface area contributed by atoms with Gasteiger partial charge in [-0.2, -0.15) is 5.10 Å². The van der Waals surface area contributed by atoms with Gasteiger partial charge >= 0.3 is 0 Å². The number of rotatable bonds is 4. The molecule has 2 fully saturated rings. The van der Waals surface area contributed by atoms with E-state index in [4.69, 9.17) is 0 Å². The maximum atomic E-state index is 13.2. The second-order valence-corrected chi connectivity index (χ2v) is 7.91. The molecule has 0 spiro atoms. The van der Waals surface area contributed by atoms with Gasteiger partial charge in [-0.1, -0.05) is 12.5 Å². The first-order valence-corrected chi connectivity index (χ1v) is 10.0. The first-order chi connectivity index (χ1) is 13.3. The van der Waals surface area contributed by atoms with Crippen molar-refractivity contribution in [3.8, 4) is 0 Å². The van der Waals surface area contributed by atoms with Crippen LogP contribution in [0.25, 0.3) is 5.52 Å². The molecule has 1 saturated carbocycles. The van der Waals surface area contributed by atoms with Crippen molar-refractivity contribution in [2.24, 2.45) is 5.92 Å². The molecule has 6 heteroatoms. The Labute approximate surface area is 158 Å². The van der Waals surface area contributed by atoms with Crippen molar-refractivity contribution in [1.82, 2.24) is 24.1 Å². The van der Waals surface area contributed by atoms with Crippen LogP contribution in [0.4, 0.5) is 0 Å². The predicted octanol–water partition coefficient (Wildman–Crippen LogP) is 3.35. The maximum absolute atomic E-state index is 13.2. The Morgan fingerprint density at radius 2 is 2.07 bits per heavy atom. The van der Waals surface area contributed by atoms with Crippen LogP contribution in [0.5, 0.6) is 0 Å². The van der Waals surface area contributed by atoms with E-state index in [0.29, 0.717) is 11.5 Å². The highest BCUT2D eigenvalue weighted by atomic mass is 16.2. The zero-order valence-corrected chi connectivity index (χ0v) is 15.5. The van der Waals surface area contributed by atoms with Crippen LogP contribution in [0.1, 0.15) is 54.2 Å². The molecule has 140 valence electrons. The molecule has 1 amide bonds. The number of nitrogens with zero attached hydrogens (tertiary/aromatic N) is 5. The number of carbonyl (C=O) groups excluding carboxylic acids is 1. The molecule has 1 saturated heterocycles. The Morgan fingerprint density at radius 1 is 1.15 bits per heavy atom. The van der Waals surface area contributed by atoms with Crippen LogP contribution < -0.4 is 0 Å². The average Bonchev–Trinajstić information content (AvgIpc) is 3.31. The van der Waals surface area contributed by atoms with Crippen LogP contribution in [-0.2, 0) is 6.54 Å². The number of fused-ring (bicyclic) bond motifs is 1. The second-order valence-electron chi connectivity index (χ2n) is 7.91. The van der Waals surface area contributed by atoms with Crippen molar-refractivity contribution in [3.05, 3.63) is 54.4 Å². The number of likely N-dealkylation sites (tertiary alicyclic amines) is 1. The first-order valence-electron chi connectivity index (χ1n) is 10.0. The molecule has 3 aromatic heterocycles. The van der Waals surface area contributed by atoms with Gasteiger partial charge in [0.2, 0.25) is 0 Å². The Hall–Kier alpha value is -2.63. The van der Waals surface area contributed by atoms with E-state index in [1.807, 2.05) is 35.5 Å². The van der Waals surface area contributed by atoms with E-state index in [-0.39, 0.29) is 5.91 Å². The monoisotopic (exact) mass is 363 g/mol. The third-order valence-corrected chi connectivity index (χ3v) is 6.16. The normalized spacial score (nSPS) is 20.7. The summed E-state index contributed by atoms with van der Waals surface area (Å²) in [5, 5.41) is 4.32. The lowest BCUT2D eigenvalue weighted by atomic mass is 9.85. The Bertz CT molecular complexity index is 954. The number of pyridine rings is 1. The van der Waals surface area contributed by atoms with E-state index in [1.165, 1.54) is 19.3 Å². The van der Waals surface area contributed by atoms with Gasteiger partial charge in [-0.3, -0.25) is 4.79 Å². The Morgan fingerprint density at radius 3 is 2.93 bits per heavy atom. The third kappa shape index (κ3) is 3.03. The van der Waals surface area contributed by atoms with E-state index in [0.717, 1.165) is 49.7 Å². The van der Waals surface area contributed by atoms with Crippen molar-refractivity contribution in [1.29, 1.82) is 0 Å². The molecule has 0 aromatic carbocycles. The molecule has 3 aromatic rings. The number of aromatic nitrogens is 4. The molecule has 1 atom stereocenters. The number of imidazole rings is 1. The number of hydrogen-bond acceptors (Lipinski definition) is 3. The summed E-state index contributed by atoms with van der Waals surface area (Å²) in [6.07, 6.45) is 13.7. The van der Waals surface area contributed by atoms with Crippen molar-refractivity contribution >= 4 is 11.4 Å². The topological polar surface area (TPSA) is 55.4 Å². The minimum absolute atomic E-state index is 0.0815. The molecule has 1 aliphatic carbocycles. The fourth-order valence-corrected chi connectivity index (χ4v) is 4.43. The van der Waals surface area contributed by atoms with E-state index in [1.54, 1.807) is 10.7 Å². The quantitative estimate of drug-likeness (QED) is 0.714. The van der Waals surface area contributed by atoms with Crippen LogP contribution in [0.2, 0.25) is 0 Å². The molecule has 0 N–H and O–H groups in total. The molecular formula is C21H25N5O. The summed E-state index contributed by atoms with van der Waals surface area (Å²) in [6, 6.07) is 5.82. The average molecular weight is 363 g/mol. The molecule has 0 bridgehead atoms. The standard InChI is InChI=1S/C21H25N5O/c27-21(18-13-23-26-11-2-1-8-19(18)26)25-10-4-7-17(15-25)20-22-9-12-24(20)14-16-5-3-6-16/h1-2,8-9,11-13,16-17H,3-7,10,14-15H2/t17-/m1/s1. The minimum atomic E-state index is 0.0815. The molecule has 0 unspecified atom stereocenters. The minimum Gasteiger partial charge on any atom is -0.338 e. The van der Waals surface area contributed by atoms with Crippen molar-refractivity contribution in [2.75, 3.05) is 13.1 Å². The van der Waals surface area contributed by atoms with Gasteiger partial charge in [0.25, 0.3) is 5.91 Å². The number of carbonyl (C=O) groups is 1. The van der Waals surface area contributed by atoms with Gasteiger partial charge in [-0.25, -0.2) is 9.50 Å². The fourth-order valence-electron chi connectivity index (χ4n) is 4.43. The van der Waals surface area contributed by atoms with Crippen molar-refractivity contribution in [3.63, 3.8) is 0 Å². The first kappa shape index (κ1) is 16.5. The van der Waals surface area contributed by atoms with Crippen LogP contribution in [0.15, 0.2) is 43.0 Å². The molecule has 1 aliphatic heterocycles. The highest BCUT2D eigenvalue weighted by Crippen LogP contribution is 2.31. The highest BCUT2D eigenvalue weighted by molar-refractivity contribution is 6.00. The van der Waals surface area contributed by atoms with Gasteiger partial charge in [0.05, 0.1) is 17.3 Å². The molecule has 5 rings (SSSR count). The molecule has 6 nitrogen and oxygen atoms in total. The summed E-state index contributed by atoms with van der Waals surface area (Å²) >= 11 is 0. The van der Waals surface area contributed by atoms with Gasteiger partial charge in [-0.15, -0.1) is 0 Å². The SMILES string of the molecule is O=C(c1cnn2ccccc12)N1CCC[C@@H](c2nccn2CC2CCC2)C1. The van der Waals surface area contributed by atoms with E-state index < -0.39 is 0 Å². The van der Waals surface area contributed by atoms with Crippen molar-refractivity contribution < 1.29 is 4.79 Å². The van der Waals surface area contributed by atoms with E-state index in [2.05, 4.69) is 20.8 Å². The lowest BCUT2D eigenvalue weighted by Crippen LogP contribution is -2.40. The van der Waals surface area contributed by atoms with Gasteiger partial charge in [0.15, 0.2) is 0 Å². The van der Waals surface area contributed by atoms with Gasteiger partial charge in [-0.05, 0) is 43.7 Å². The van der Waals surface area contributed by atoms with Gasteiger partial charge in [0.1, 0.15) is 5.82 Å². The zero-order valence-electron chi connectivity index (χ0n) is 15.5. The predicted molar refractivity (Wildman–Crippen MR) is 103 cm³/mol. The Kier molecular flexibility index (Phi) is 4.19. The molecule has 2 aliphatic rings. The maximum Gasteiger partial charge on any atom is 0.257 e. The van der Waals surface area contributed by atoms with E-state index >= 15 is 0 Å². The van der Waals surface area contributed by atoms with Crippen LogP contribution in [0.3, 0.4) is 0 Å². The number of hydrogen-bond donors (Lipinski definition) is 0. The molecule has 4 heterocycles. The molecule has 0 radical (unpaired) electrons. The summed E-state index contributed by atoms with van der Waals surface area (Å²) in [5.41, 5.74) is 1.56. The van der Waals surface area contributed by atoms with Crippen LogP contribution in [0, 0.1) is 5.92 Å². The molecule has 27 heavy (non-hydrogen) atoms. The highest BCUT2D eigenvalue weighted by Gasteiger charge is 2.30. The van der Waals surface area contributed by atoms with Crippen LogP contribution in [-0.4, -0.2) is 43.1 Å². The summed E-state index contributed by atoms with van der Waals surface area (Å²) in [7, 11) is 0. The zero-order chi connectivity index (χ0) is 18.2. The second kappa shape index (κ2) is 6.83. The molecular weight excluding hydrogens is 338 g/mol. The number of amides is 1.